The number of phenols is 1. The predicted molar refractivity (Wildman–Crippen MR) is 69.1 cm³/mol. The number of para-hydroxylation sites is 1. The van der Waals surface area contributed by atoms with Gasteiger partial charge in [0.25, 0.3) is 0 Å². The van der Waals surface area contributed by atoms with Gasteiger partial charge in [0.2, 0.25) is 5.91 Å². The van der Waals surface area contributed by atoms with E-state index >= 15 is 0 Å². The molecule has 4 nitrogen and oxygen atoms in total. The minimum atomic E-state index is -0.0969. The summed E-state index contributed by atoms with van der Waals surface area (Å²) in [6.45, 7) is 0.507. The normalized spacial score (nSPS) is 10.3. The van der Waals surface area contributed by atoms with Crippen LogP contribution in [0.1, 0.15) is 11.1 Å². The van der Waals surface area contributed by atoms with E-state index in [1.807, 2.05) is 30.1 Å². The van der Waals surface area contributed by atoms with E-state index in [0.29, 0.717) is 12.1 Å². The van der Waals surface area contributed by atoms with Crippen LogP contribution in [0, 0.1) is 0 Å². The number of carbonyl (C=O) groups excluding carboxylic acids is 1. The molecule has 2 rings (SSSR count). The van der Waals surface area contributed by atoms with E-state index in [4.69, 9.17) is 0 Å². The summed E-state index contributed by atoms with van der Waals surface area (Å²) in [6, 6.07) is 8.83. The van der Waals surface area contributed by atoms with Gasteiger partial charge >= 0.3 is 0 Å². The highest BCUT2D eigenvalue weighted by molar-refractivity contribution is 5.79. The molecular formula is C14H16N2O2. The quantitative estimate of drug-likeness (QED) is 0.858. The number of carbonyl (C=O) groups is 1. The number of rotatable bonds is 4. The number of hydrogen-bond donors (Lipinski definition) is 2. The molecule has 0 saturated carbocycles. The fourth-order valence-corrected chi connectivity index (χ4v) is 1.76. The number of nitrogens with one attached hydrogen (secondary N) is 1. The molecule has 0 aliphatic heterocycles. The van der Waals surface area contributed by atoms with Gasteiger partial charge in [-0.2, -0.15) is 0 Å². The molecule has 0 aliphatic rings. The average molecular weight is 244 g/mol. The lowest BCUT2D eigenvalue weighted by Gasteiger charge is -2.05. The van der Waals surface area contributed by atoms with Crippen LogP contribution < -0.4 is 5.32 Å². The van der Waals surface area contributed by atoms with Gasteiger partial charge in [-0.1, -0.05) is 18.2 Å². The second-order valence-corrected chi connectivity index (χ2v) is 4.27. The first-order valence-corrected chi connectivity index (χ1v) is 5.79. The molecule has 1 heterocycles. The van der Waals surface area contributed by atoms with Crippen molar-refractivity contribution in [2.75, 3.05) is 0 Å². The topological polar surface area (TPSA) is 54.3 Å². The highest BCUT2D eigenvalue weighted by Gasteiger charge is 2.06. The van der Waals surface area contributed by atoms with E-state index in [9.17, 15) is 9.90 Å². The molecule has 18 heavy (non-hydrogen) atoms. The average Bonchev–Trinajstić information content (AvgIpc) is 2.76. The van der Waals surface area contributed by atoms with Gasteiger partial charge in [-0.3, -0.25) is 4.79 Å². The molecule has 0 bridgehead atoms. The monoisotopic (exact) mass is 244 g/mol. The minimum absolute atomic E-state index is 0.0969. The number of aryl methyl sites for hydroxylation is 1. The highest BCUT2D eigenvalue weighted by Crippen LogP contribution is 2.15. The van der Waals surface area contributed by atoms with Crippen molar-refractivity contribution in [3.63, 3.8) is 0 Å². The van der Waals surface area contributed by atoms with Crippen LogP contribution >= 0.6 is 0 Å². The van der Waals surface area contributed by atoms with Crippen molar-refractivity contribution in [1.29, 1.82) is 0 Å². The zero-order valence-electron chi connectivity index (χ0n) is 10.3. The summed E-state index contributed by atoms with van der Waals surface area (Å²) >= 11 is 0. The fraction of sp³-hybridized carbons (Fsp3) is 0.214. The van der Waals surface area contributed by atoms with Gasteiger partial charge in [-0.25, -0.2) is 0 Å². The molecule has 1 aromatic carbocycles. The van der Waals surface area contributed by atoms with Crippen LogP contribution in [-0.2, 0) is 24.8 Å². The zero-order chi connectivity index (χ0) is 13.0. The first kappa shape index (κ1) is 12.2. The maximum Gasteiger partial charge on any atom is 0.224 e. The van der Waals surface area contributed by atoms with E-state index in [1.165, 1.54) is 0 Å². The van der Waals surface area contributed by atoms with Gasteiger partial charge < -0.3 is 15.0 Å². The Balaban J connectivity index is 1.88. The molecule has 0 unspecified atom stereocenters. The van der Waals surface area contributed by atoms with Crippen LogP contribution in [0.2, 0.25) is 0 Å². The Morgan fingerprint density at radius 1 is 1.33 bits per heavy atom. The smallest absolute Gasteiger partial charge is 0.224 e. The van der Waals surface area contributed by atoms with Gasteiger partial charge in [0.05, 0.1) is 6.42 Å². The second-order valence-electron chi connectivity index (χ2n) is 4.27. The number of amides is 1. The molecule has 0 fully saturated rings. The van der Waals surface area contributed by atoms with Crippen LogP contribution in [0.5, 0.6) is 5.75 Å². The van der Waals surface area contributed by atoms with Gasteiger partial charge in [-0.05, 0) is 17.7 Å². The van der Waals surface area contributed by atoms with E-state index in [1.54, 1.807) is 24.3 Å². The molecule has 1 amide bonds. The summed E-state index contributed by atoms with van der Waals surface area (Å²) < 4.78 is 1.94. The summed E-state index contributed by atoms with van der Waals surface area (Å²) in [5, 5.41) is 12.4. The summed E-state index contributed by atoms with van der Waals surface area (Å²) in [6.07, 6.45) is 4.09. The lowest BCUT2D eigenvalue weighted by atomic mass is 10.1. The Hall–Kier alpha value is -2.23. The standard InChI is InChI=1S/C14H16N2O2/c1-16-7-6-11(10-16)9-15-14(18)8-12-4-2-3-5-13(12)17/h2-7,10,17H,8-9H2,1H3,(H,15,18). The Morgan fingerprint density at radius 3 is 2.78 bits per heavy atom. The maximum absolute atomic E-state index is 11.7. The van der Waals surface area contributed by atoms with Crippen molar-refractivity contribution in [3.8, 4) is 5.75 Å². The number of aromatic nitrogens is 1. The molecule has 0 atom stereocenters. The molecule has 1 aromatic heterocycles. The van der Waals surface area contributed by atoms with Crippen molar-refractivity contribution in [2.45, 2.75) is 13.0 Å². The lowest BCUT2D eigenvalue weighted by Crippen LogP contribution is -2.24. The number of phenolic OH excluding ortho intramolecular Hbond substituents is 1. The van der Waals surface area contributed by atoms with Gasteiger partial charge in [0.1, 0.15) is 5.75 Å². The van der Waals surface area contributed by atoms with Crippen LogP contribution in [0.4, 0.5) is 0 Å². The first-order chi connectivity index (χ1) is 8.65. The molecule has 0 saturated heterocycles. The van der Waals surface area contributed by atoms with E-state index in [0.717, 1.165) is 5.56 Å². The molecule has 94 valence electrons. The van der Waals surface area contributed by atoms with Gasteiger partial charge in [0, 0.05) is 31.5 Å². The van der Waals surface area contributed by atoms with Crippen molar-refractivity contribution < 1.29 is 9.90 Å². The Bertz CT molecular complexity index is 546. The summed E-state index contributed by atoms with van der Waals surface area (Å²) in [5.74, 6) is 0.0627. The molecular weight excluding hydrogens is 228 g/mol. The first-order valence-electron chi connectivity index (χ1n) is 5.79. The molecule has 4 heteroatoms. The van der Waals surface area contributed by atoms with Crippen molar-refractivity contribution >= 4 is 5.91 Å². The van der Waals surface area contributed by atoms with Gasteiger partial charge in [-0.15, -0.1) is 0 Å². The molecule has 2 aromatic rings. The molecule has 0 radical (unpaired) electrons. The largest absolute Gasteiger partial charge is 0.508 e. The van der Waals surface area contributed by atoms with Crippen LogP contribution in [0.15, 0.2) is 42.7 Å². The number of nitrogens with zero attached hydrogens (tertiary/aromatic N) is 1. The van der Waals surface area contributed by atoms with E-state index in [2.05, 4.69) is 5.32 Å². The Kier molecular flexibility index (Phi) is 3.67. The van der Waals surface area contributed by atoms with Crippen LogP contribution in [0.25, 0.3) is 0 Å². The summed E-state index contributed by atoms with van der Waals surface area (Å²) in [5.41, 5.74) is 1.70. The Morgan fingerprint density at radius 2 is 2.11 bits per heavy atom. The number of benzene rings is 1. The summed E-state index contributed by atoms with van der Waals surface area (Å²) in [7, 11) is 1.94. The van der Waals surface area contributed by atoms with Crippen LogP contribution in [0.3, 0.4) is 0 Å². The molecule has 0 aliphatic carbocycles. The predicted octanol–water partition coefficient (Wildman–Crippen LogP) is 1.59. The van der Waals surface area contributed by atoms with Crippen molar-refractivity contribution in [1.82, 2.24) is 9.88 Å². The van der Waals surface area contributed by atoms with E-state index < -0.39 is 0 Å². The minimum Gasteiger partial charge on any atom is -0.508 e. The Labute approximate surface area is 106 Å². The number of aromatic hydroxyl groups is 1. The van der Waals surface area contributed by atoms with Crippen molar-refractivity contribution in [3.05, 3.63) is 53.9 Å². The highest BCUT2D eigenvalue weighted by atomic mass is 16.3. The zero-order valence-corrected chi connectivity index (χ0v) is 10.3. The maximum atomic E-state index is 11.7. The van der Waals surface area contributed by atoms with Crippen molar-refractivity contribution in [2.24, 2.45) is 7.05 Å². The third kappa shape index (κ3) is 3.13. The second kappa shape index (κ2) is 5.40. The van der Waals surface area contributed by atoms with Crippen LogP contribution in [-0.4, -0.2) is 15.6 Å². The molecule has 0 spiro atoms. The van der Waals surface area contributed by atoms with Gasteiger partial charge in [0.15, 0.2) is 0 Å². The fourth-order valence-electron chi connectivity index (χ4n) is 1.76. The summed E-state index contributed by atoms with van der Waals surface area (Å²) in [4.78, 5) is 11.7. The molecule has 2 N–H and O–H groups in total. The third-order valence-corrected chi connectivity index (χ3v) is 2.73. The SMILES string of the molecule is Cn1ccc(CNC(=O)Cc2ccccc2O)c1. The lowest BCUT2D eigenvalue weighted by molar-refractivity contribution is -0.120. The number of hydrogen-bond acceptors (Lipinski definition) is 2. The third-order valence-electron chi connectivity index (χ3n) is 2.73. The van der Waals surface area contributed by atoms with E-state index in [-0.39, 0.29) is 18.1 Å².